The fraction of sp³-hybridized carbons (Fsp3) is 0.136. The van der Waals surface area contributed by atoms with Gasteiger partial charge in [-0.2, -0.15) is 0 Å². The number of aromatic hydroxyl groups is 1. The minimum absolute atomic E-state index is 0.00576. The Balaban J connectivity index is 2.06. The number of ether oxygens (including phenoxy) is 2. The number of esters is 1. The predicted molar refractivity (Wildman–Crippen MR) is 112 cm³/mol. The van der Waals surface area contributed by atoms with Gasteiger partial charge in [-0.05, 0) is 47.9 Å². The molecule has 0 aromatic heterocycles. The van der Waals surface area contributed by atoms with Crippen LogP contribution >= 0.6 is 0 Å². The summed E-state index contributed by atoms with van der Waals surface area (Å²) in [6.07, 6.45) is 0.346. The van der Waals surface area contributed by atoms with Crippen LogP contribution in [0.1, 0.15) is 21.5 Å². The van der Waals surface area contributed by atoms with Crippen LogP contribution in [0, 0.1) is 0 Å². The standard InChI is InChI=1S/C22H21NO6S/c1-28-17-11-12-20(16(14-17)13-15-7-4-3-5-8-15)30(26,27)23-21-18(22(25)29-2)9-6-10-19(21)24/h3-12,14,23-24H,13H2,1-2H3. The maximum atomic E-state index is 13.2. The Kier molecular flexibility index (Phi) is 6.27. The number of hydrogen-bond acceptors (Lipinski definition) is 6. The minimum Gasteiger partial charge on any atom is -0.506 e. The first-order valence-corrected chi connectivity index (χ1v) is 10.5. The summed E-state index contributed by atoms with van der Waals surface area (Å²) in [6.45, 7) is 0. The average Bonchev–Trinajstić information content (AvgIpc) is 2.75. The van der Waals surface area contributed by atoms with Crippen molar-refractivity contribution in [2.75, 3.05) is 18.9 Å². The number of anilines is 1. The number of sulfonamides is 1. The van der Waals surface area contributed by atoms with Crippen LogP contribution in [0.3, 0.4) is 0 Å². The van der Waals surface area contributed by atoms with Crippen molar-refractivity contribution in [2.45, 2.75) is 11.3 Å². The molecule has 3 rings (SSSR count). The molecule has 0 radical (unpaired) electrons. The zero-order valence-corrected chi connectivity index (χ0v) is 17.3. The molecule has 0 aliphatic heterocycles. The molecular weight excluding hydrogens is 406 g/mol. The molecule has 0 aliphatic carbocycles. The molecule has 0 amide bonds. The fourth-order valence-corrected chi connectivity index (χ4v) is 4.33. The number of carbonyl (C=O) groups excluding carboxylic acids is 1. The number of nitrogens with one attached hydrogen (secondary N) is 1. The second-order valence-corrected chi connectivity index (χ2v) is 8.08. The molecule has 8 heteroatoms. The van der Waals surface area contributed by atoms with Gasteiger partial charge >= 0.3 is 5.97 Å². The molecule has 0 spiro atoms. The zero-order valence-electron chi connectivity index (χ0n) is 16.5. The van der Waals surface area contributed by atoms with Gasteiger partial charge in [0.15, 0.2) is 0 Å². The largest absolute Gasteiger partial charge is 0.506 e. The third-order valence-electron chi connectivity index (χ3n) is 4.48. The first-order valence-electron chi connectivity index (χ1n) is 8.99. The predicted octanol–water partition coefficient (Wildman–Crippen LogP) is 3.58. The van der Waals surface area contributed by atoms with Crippen molar-refractivity contribution in [2.24, 2.45) is 0 Å². The molecule has 0 unspecified atom stereocenters. The lowest BCUT2D eigenvalue weighted by molar-refractivity contribution is 0.0601. The molecule has 2 N–H and O–H groups in total. The Hall–Kier alpha value is -3.52. The third kappa shape index (κ3) is 4.55. The number of phenols is 1. The van der Waals surface area contributed by atoms with Gasteiger partial charge in [-0.1, -0.05) is 36.4 Å². The highest BCUT2D eigenvalue weighted by Gasteiger charge is 2.24. The van der Waals surface area contributed by atoms with Crippen LogP contribution in [0.4, 0.5) is 5.69 Å². The number of phenolic OH excluding ortho intramolecular Hbond substituents is 1. The van der Waals surface area contributed by atoms with Crippen molar-refractivity contribution in [1.29, 1.82) is 0 Å². The molecular formula is C22H21NO6S. The molecule has 7 nitrogen and oxygen atoms in total. The molecule has 0 heterocycles. The van der Waals surface area contributed by atoms with Crippen molar-refractivity contribution >= 4 is 21.7 Å². The van der Waals surface area contributed by atoms with Gasteiger partial charge in [-0.15, -0.1) is 0 Å². The number of carbonyl (C=O) groups is 1. The molecule has 0 bridgehead atoms. The van der Waals surface area contributed by atoms with E-state index in [4.69, 9.17) is 4.74 Å². The van der Waals surface area contributed by atoms with Gasteiger partial charge in [-0.3, -0.25) is 4.72 Å². The maximum absolute atomic E-state index is 13.2. The van der Waals surface area contributed by atoms with Crippen molar-refractivity contribution in [3.63, 3.8) is 0 Å². The molecule has 0 saturated carbocycles. The molecule has 0 aliphatic rings. The van der Waals surface area contributed by atoms with E-state index >= 15 is 0 Å². The summed E-state index contributed by atoms with van der Waals surface area (Å²) in [5, 5.41) is 10.2. The second kappa shape index (κ2) is 8.87. The average molecular weight is 427 g/mol. The van der Waals surface area contributed by atoms with E-state index in [1.807, 2.05) is 30.3 Å². The Morgan fingerprint density at radius 2 is 1.73 bits per heavy atom. The Morgan fingerprint density at radius 1 is 1.00 bits per heavy atom. The van der Waals surface area contributed by atoms with E-state index in [0.717, 1.165) is 5.56 Å². The van der Waals surface area contributed by atoms with Gasteiger partial charge in [0.1, 0.15) is 17.2 Å². The number of benzene rings is 3. The van der Waals surface area contributed by atoms with Crippen LogP contribution in [0.5, 0.6) is 11.5 Å². The second-order valence-electron chi connectivity index (χ2n) is 6.43. The maximum Gasteiger partial charge on any atom is 0.340 e. The lowest BCUT2D eigenvalue weighted by Crippen LogP contribution is -2.18. The highest BCUT2D eigenvalue weighted by Crippen LogP contribution is 2.32. The Labute approximate surface area is 174 Å². The first kappa shape index (κ1) is 21.2. The fourth-order valence-electron chi connectivity index (χ4n) is 3.02. The minimum atomic E-state index is -4.15. The van der Waals surface area contributed by atoms with Gasteiger partial charge in [0, 0.05) is 0 Å². The number of methoxy groups -OCH3 is 2. The van der Waals surface area contributed by atoms with E-state index in [1.165, 1.54) is 44.6 Å². The van der Waals surface area contributed by atoms with E-state index in [-0.39, 0.29) is 21.9 Å². The van der Waals surface area contributed by atoms with Gasteiger partial charge in [-0.25, -0.2) is 13.2 Å². The van der Waals surface area contributed by atoms with E-state index in [1.54, 1.807) is 6.07 Å². The summed E-state index contributed by atoms with van der Waals surface area (Å²) in [5.41, 5.74) is 1.08. The van der Waals surface area contributed by atoms with Crippen molar-refractivity contribution in [1.82, 2.24) is 0 Å². The quantitative estimate of drug-likeness (QED) is 0.441. The summed E-state index contributed by atoms with van der Waals surface area (Å²) in [6, 6.07) is 18.1. The van der Waals surface area contributed by atoms with Crippen LogP contribution < -0.4 is 9.46 Å². The molecule has 0 atom stereocenters. The molecule has 3 aromatic carbocycles. The highest BCUT2D eigenvalue weighted by molar-refractivity contribution is 7.92. The van der Waals surface area contributed by atoms with Crippen LogP contribution in [0.15, 0.2) is 71.6 Å². The molecule has 156 valence electrons. The molecule has 0 saturated heterocycles. The topological polar surface area (TPSA) is 102 Å². The van der Waals surface area contributed by atoms with E-state index < -0.39 is 16.0 Å². The Bertz CT molecular complexity index is 1160. The van der Waals surface area contributed by atoms with Crippen molar-refractivity contribution < 1.29 is 27.8 Å². The van der Waals surface area contributed by atoms with Crippen LogP contribution in [-0.2, 0) is 21.2 Å². The van der Waals surface area contributed by atoms with Crippen molar-refractivity contribution in [3.05, 3.63) is 83.4 Å². The lowest BCUT2D eigenvalue weighted by atomic mass is 10.0. The number of para-hydroxylation sites is 1. The third-order valence-corrected chi connectivity index (χ3v) is 5.93. The van der Waals surface area contributed by atoms with Crippen LogP contribution in [-0.4, -0.2) is 33.7 Å². The zero-order chi connectivity index (χ0) is 21.7. The van der Waals surface area contributed by atoms with Gasteiger partial charge in [0.05, 0.1) is 24.7 Å². The summed E-state index contributed by atoms with van der Waals surface area (Å²) >= 11 is 0. The normalized spacial score (nSPS) is 11.0. The van der Waals surface area contributed by atoms with Crippen LogP contribution in [0.25, 0.3) is 0 Å². The Morgan fingerprint density at radius 3 is 2.40 bits per heavy atom. The van der Waals surface area contributed by atoms with Crippen molar-refractivity contribution in [3.8, 4) is 11.5 Å². The lowest BCUT2D eigenvalue weighted by Gasteiger charge is -2.16. The highest BCUT2D eigenvalue weighted by atomic mass is 32.2. The van der Waals surface area contributed by atoms with E-state index in [2.05, 4.69) is 9.46 Å². The summed E-state index contributed by atoms with van der Waals surface area (Å²) in [5.74, 6) is -0.653. The first-order chi connectivity index (χ1) is 14.4. The number of rotatable bonds is 7. The summed E-state index contributed by atoms with van der Waals surface area (Å²) in [4.78, 5) is 12.0. The number of hydrogen-bond donors (Lipinski definition) is 2. The summed E-state index contributed by atoms with van der Waals surface area (Å²) < 4.78 is 38.7. The SMILES string of the molecule is COC(=O)c1cccc(O)c1NS(=O)(=O)c1ccc(OC)cc1Cc1ccccc1. The molecule has 3 aromatic rings. The smallest absolute Gasteiger partial charge is 0.340 e. The van der Waals surface area contributed by atoms with Gasteiger partial charge in [0.25, 0.3) is 10.0 Å². The van der Waals surface area contributed by atoms with Crippen LogP contribution in [0.2, 0.25) is 0 Å². The molecule has 0 fully saturated rings. The van der Waals surface area contributed by atoms with Gasteiger partial charge in [0.2, 0.25) is 0 Å². The summed E-state index contributed by atoms with van der Waals surface area (Å²) in [7, 11) is -1.48. The van der Waals surface area contributed by atoms with E-state index in [9.17, 15) is 18.3 Å². The van der Waals surface area contributed by atoms with E-state index in [0.29, 0.717) is 17.7 Å². The van der Waals surface area contributed by atoms with Gasteiger partial charge < -0.3 is 14.6 Å². The molecule has 30 heavy (non-hydrogen) atoms. The monoisotopic (exact) mass is 427 g/mol.